The molecule has 4 nitrogen and oxygen atoms in total. The van der Waals surface area contributed by atoms with E-state index in [2.05, 4.69) is 26.1 Å². The van der Waals surface area contributed by atoms with Crippen molar-refractivity contribution in [2.45, 2.75) is 39.2 Å². The lowest BCUT2D eigenvalue weighted by Crippen LogP contribution is -2.31. The Balaban J connectivity index is 1.85. The van der Waals surface area contributed by atoms with Crippen LogP contribution in [-0.4, -0.2) is 12.5 Å². The van der Waals surface area contributed by atoms with Gasteiger partial charge in [-0.3, -0.25) is 4.79 Å². The molecule has 128 valence electrons. The second kappa shape index (κ2) is 7.39. The fourth-order valence-corrected chi connectivity index (χ4v) is 2.35. The number of carbonyl (C=O) groups excluding carboxylic acids is 1. The second-order valence-corrected chi connectivity index (χ2v) is 7.02. The van der Waals surface area contributed by atoms with Gasteiger partial charge in [0.1, 0.15) is 5.75 Å². The molecule has 0 bridgehead atoms. The molecule has 2 aromatic rings. The number of benzene rings is 2. The van der Waals surface area contributed by atoms with Gasteiger partial charge >= 0.3 is 0 Å². The summed E-state index contributed by atoms with van der Waals surface area (Å²) in [7, 11) is 0. The zero-order valence-electron chi connectivity index (χ0n) is 14.8. The van der Waals surface area contributed by atoms with Crippen LogP contribution in [0.25, 0.3) is 0 Å². The topological polar surface area (TPSA) is 64.3 Å². The summed E-state index contributed by atoms with van der Waals surface area (Å²) >= 11 is 0. The summed E-state index contributed by atoms with van der Waals surface area (Å²) in [5.41, 5.74) is 8.72. The number of amides is 1. The summed E-state index contributed by atoms with van der Waals surface area (Å²) in [6.45, 7) is 8.41. The van der Waals surface area contributed by atoms with E-state index < -0.39 is 0 Å². The third-order valence-electron chi connectivity index (χ3n) is 3.90. The molecular formula is C20H26N2O2. The van der Waals surface area contributed by atoms with E-state index in [1.54, 1.807) is 0 Å². The number of nitrogen functional groups attached to an aromatic ring is 1. The van der Waals surface area contributed by atoms with Gasteiger partial charge in [-0.05, 0) is 47.7 Å². The Morgan fingerprint density at radius 3 is 2.21 bits per heavy atom. The van der Waals surface area contributed by atoms with Crippen molar-refractivity contribution in [3.63, 3.8) is 0 Å². The van der Waals surface area contributed by atoms with Crippen LogP contribution >= 0.6 is 0 Å². The predicted octanol–water partition coefficient (Wildman–Crippen LogP) is 3.82. The van der Waals surface area contributed by atoms with Gasteiger partial charge in [-0.1, -0.05) is 45.0 Å². The van der Waals surface area contributed by atoms with Gasteiger partial charge in [0.2, 0.25) is 0 Å². The van der Waals surface area contributed by atoms with Crippen molar-refractivity contribution in [3.8, 4) is 5.75 Å². The first-order valence-electron chi connectivity index (χ1n) is 8.14. The molecule has 0 aromatic heterocycles. The van der Waals surface area contributed by atoms with E-state index in [0.717, 1.165) is 5.56 Å². The average molecular weight is 326 g/mol. The third kappa shape index (κ3) is 5.01. The Morgan fingerprint density at radius 1 is 1.08 bits per heavy atom. The number of nitrogens with two attached hydrogens (primary N) is 1. The Hall–Kier alpha value is -2.49. The molecule has 0 aliphatic heterocycles. The summed E-state index contributed by atoms with van der Waals surface area (Å²) in [4.78, 5) is 12.0. The summed E-state index contributed by atoms with van der Waals surface area (Å²) in [5.74, 6) is 0.539. The first-order chi connectivity index (χ1) is 11.3. The van der Waals surface area contributed by atoms with Crippen molar-refractivity contribution in [3.05, 3.63) is 59.7 Å². The molecule has 2 aromatic carbocycles. The van der Waals surface area contributed by atoms with E-state index >= 15 is 0 Å². The highest BCUT2D eigenvalue weighted by molar-refractivity contribution is 5.78. The summed E-state index contributed by atoms with van der Waals surface area (Å²) in [5, 5.41) is 2.92. The number of hydrogen-bond acceptors (Lipinski definition) is 3. The van der Waals surface area contributed by atoms with Crippen molar-refractivity contribution in [1.29, 1.82) is 0 Å². The highest BCUT2D eigenvalue weighted by atomic mass is 16.5. The summed E-state index contributed by atoms with van der Waals surface area (Å²) in [6.07, 6.45) is 0. The summed E-state index contributed by atoms with van der Waals surface area (Å²) in [6, 6.07) is 15.2. The van der Waals surface area contributed by atoms with Gasteiger partial charge in [-0.15, -0.1) is 0 Å². The normalized spacial score (nSPS) is 12.5. The number of hydrogen-bond donors (Lipinski definition) is 2. The fraction of sp³-hybridized carbons (Fsp3) is 0.350. The van der Waals surface area contributed by atoms with Crippen molar-refractivity contribution in [2.75, 3.05) is 12.3 Å². The lowest BCUT2D eigenvalue weighted by Gasteiger charge is -2.19. The van der Waals surface area contributed by atoms with Crippen LogP contribution in [0.3, 0.4) is 0 Å². The molecule has 0 aliphatic rings. The minimum atomic E-state index is -0.153. The maximum atomic E-state index is 12.0. The van der Waals surface area contributed by atoms with Crippen LogP contribution in [-0.2, 0) is 10.2 Å². The Kier molecular flexibility index (Phi) is 5.50. The highest BCUT2D eigenvalue weighted by Gasteiger charge is 2.14. The van der Waals surface area contributed by atoms with Crippen LogP contribution in [0.2, 0.25) is 0 Å². The quantitative estimate of drug-likeness (QED) is 0.821. The third-order valence-corrected chi connectivity index (χ3v) is 3.90. The molecule has 0 unspecified atom stereocenters. The molecular weight excluding hydrogens is 300 g/mol. The first kappa shape index (κ1) is 17.9. The molecule has 0 saturated carbocycles. The number of anilines is 1. The highest BCUT2D eigenvalue weighted by Crippen LogP contribution is 2.24. The van der Waals surface area contributed by atoms with Crippen molar-refractivity contribution < 1.29 is 9.53 Å². The standard InChI is InChI=1S/C20H26N2O2/c1-14(15-5-9-17(21)10-6-15)22-19(23)13-24-18-11-7-16(8-12-18)20(2,3)4/h5-12,14H,13,21H2,1-4H3,(H,22,23)/t14-/m1/s1. The van der Waals surface area contributed by atoms with Gasteiger partial charge in [-0.25, -0.2) is 0 Å². The fourth-order valence-electron chi connectivity index (χ4n) is 2.35. The van der Waals surface area contributed by atoms with E-state index in [0.29, 0.717) is 11.4 Å². The minimum absolute atomic E-state index is 0.00578. The monoisotopic (exact) mass is 326 g/mol. The van der Waals surface area contributed by atoms with Crippen molar-refractivity contribution >= 4 is 11.6 Å². The Bertz CT molecular complexity index is 670. The van der Waals surface area contributed by atoms with E-state index in [9.17, 15) is 4.79 Å². The maximum absolute atomic E-state index is 12.0. The zero-order chi connectivity index (χ0) is 17.7. The number of rotatable bonds is 5. The zero-order valence-corrected chi connectivity index (χ0v) is 14.8. The van der Waals surface area contributed by atoms with E-state index in [-0.39, 0.29) is 24.0 Å². The number of nitrogens with one attached hydrogen (secondary N) is 1. The maximum Gasteiger partial charge on any atom is 0.258 e. The largest absolute Gasteiger partial charge is 0.484 e. The Labute approximate surface area is 144 Å². The average Bonchev–Trinajstić information content (AvgIpc) is 2.53. The van der Waals surface area contributed by atoms with Gasteiger partial charge in [0.05, 0.1) is 6.04 Å². The molecule has 3 N–H and O–H groups in total. The van der Waals surface area contributed by atoms with Crippen LogP contribution in [0.4, 0.5) is 5.69 Å². The van der Waals surface area contributed by atoms with Crippen LogP contribution in [0.1, 0.15) is 44.9 Å². The second-order valence-electron chi connectivity index (χ2n) is 7.02. The van der Waals surface area contributed by atoms with Gasteiger partial charge in [0.15, 0.2) is 6.61 Å². The smallest absolute Gasteiger partial charge is 0.258 e. The minimum Gasteiger partial charge on any atom is -0.484 e. The number of ether oxygens (including phenoxy) is 1. The molecule has 0 aliphatic carbocycles. The molecule has 1 atom stereocenters. The molecule has 0 spiro atoms. The van der Waals surface area contributed by atoms with E-state index in [1.807, 2.05) is 55.5 Å². The molecule has 0 heterocycles. The van der Waals surface area contributed by atoms with Crippen LogP contribution < -0.4 is 15.8 Å². The first-order valence-corrected chi connectivity index (χ1v) is 8.14. The Morgan fingerprint density at radius 2 is 1.67 bits per heavy atom. The predicted molar refractivity (Wildman–Crippen MR) is 98.0 cm³/mol. The molecule has 0 saturated heterocycles. The van der Waals surface area contributed by atoms with Crippen LogP contribution in [0.15, 0.2) is 48.5 Å². The lowest BCUT2D eigenvalue weighted by molar-refractivity contribution is -0.123. The van der Waals surface area contributed by atoms with Crippen molar-refractivity contribution in [2.24, 2.45) is 0 Å². The van der Waals surface area contributed by atoms with E-state index in [4.69, 9.17) is 10.5 Å². The van der Waals surface area contributed by atoms with Gasteiger partial charge < -0.3 is 15.8 Å². The van der Waals surface area contributed by atoms with Crippen LogP contribution in [0.5, 0.6) is 5.75 Å². The van der Waals surface area contributed by atoms with E-state index in [1.165, 1.54) is 5.56 Å². The van der Waals surface area contributed by atoms with Gasteiger partial charge in [0.25, 0.3) is 5.91 Å². The van der Waals surface area contributed by atoms with Gasteiger partial charge in [0, 0.05) is 5.69 Å². The molecule has 0 fully saturated rings. The molecule has 0 radical (unpaired) electrons. The van der Waals surface area contributed by atoms with Crippen LogP contribution in [0, 0.1) is 0 Å². The molecule has 24 heavy (non-hydrogen) atoms. The SMILES string of the molecule is C[C@@H](NC(=O)COc1ccc(C(C)(C)C)cc1)c1ccc(N)cc1. The summed E-state index contributed by atoms with van der Waals surface area (Å²) < 4.78 is 5.56. The lowest BCUT2D eigenvalue weighted by atomic mass is 9.87. The molecule has 2 rings (SSSR count). The van der Waals surface area contributed by atoms with Crippen molar-refractivity contribution in [1.82, 2.24) is 5.32 Å². The molecule has 1 amide bonds. The molecule has 4 heteroatoms. The number of carbonyl (C=O) groups is 1. The van der Waals surface area contributed by atoms with Gasteiger partial charge in [-0.2, -0.15) is 0 Å².